The fourth-order valence-corrected chi connectivity index (χ4v) is 1.65. The van der Waals surface area contributed by atoms with Crippen LogP contribution in [0, 0.1) is 0 Å². The third kappa shape index (κ3) is 3.42. The first-order valence-electron chi connectivity index (χ1n) is 5.92. The summed E-state index contributed by atoms with van der Waals surface area (Å²) in [6, 6.07) is 0. The van der Waals surface area contributed by atoms with E-state index in [-0.39, 0.29) is 12.7 Å². The van der Waals surface area contributed by atoms with Crippen molar-refractivity contribution in [3.63, 3.8) is 0 Å². The van der Waals surface area contributed by atoms with Crippen molar-refractivity contribution in [2.75, 3.05) is 13.2 Å². The molecule has 104 valence electrons. The maximum atomic E-state index is 11.4. The zero-order chi connectivity index (χ0) is 14.0. The summed E-state index contributed by atoms with van der Waals surface area (Å²) in [5.41, 5.74) is -0.497. The first-order valence-corrected chi connectivity index (χ1v) is 5.92. The van der Waals surface area contributed by atoms with Crippen molar-refractivity contribution in [3.8, 4) is 0 Å². The molecule has 0 amide bonds. The number of carbonyl (C=O) groups excluding carboxylic acids is 2. The lowest BCUT2D eigenvalue weighted by atomic mass is 10.0. The predicted octanol–water partition coefficient (Wildman–Crippen LogP) is 0.719. The van der Waals surface area contributed by atoms with Gasteiger partial charge in [-0.15, -0.1) is 0 Å². The Hall–Kier alpha value is -1.66. The van der Waals surface area contributed by atoms with E-state index in [0.29, 0.717) is 18.6 Å². The molecule has 0 aliphatic carbocycles. The van der Waals surface area contributed by atoms with Crippen LogP contribution in [0.25, 0.3) is 0 Å². The smallest absolute Gasteiger partial charge is 0.333 e. The van der Waals surface area contributed by atoms with E-state index < -0.39 is 23.8 Å². The van der Waals surface area contributed by atoms with E-state index in [2.05, 4.69) is 13.2 Å². The van der Waals surface area contributed by atoms with Gasteiger partial charge in [0.1, 0.15) is 6.61 Å². The number of hydrogen-bond acceptors (Lipinski definition) is 6. The Morgan fingerprint density at radius 1 is 1.53 bits per heavy atom. The fourth-order valence-electron chi connectivity index (χ4n) is 1.65. The van der Waals surface area contributed by atoms with Crippen LogP contribution in [0.1, 0.15) is 13.3 Å². The van der Waals surface area contributed by atoms with Crippen LogP contribution in [-0.2, 0) is 28.5 Å². The van der Waals surface area contributed by atoms with Gasteiger partial charge in [-0.3, -0.25) is 0 Å². The number of hydrogen-bond donors (Lipinski definition) is 0. The molecule has 2 rings (SSSR count). The van der Waals surface area contributed by atoms with Crippen molar-refractivity contribution >= 4 is 11.9 Å². The molecule has 19 heavy (non-hydrogen) atoms. The topological polar surface area (TPSA) is 77.7 Å². The molecule has 0 saturated carbocycles. The molecule has 6 nitrogen and oxygen atoms in total. The first-order chi connectivity index (χ1) is 8.97. The largest absolute Gasteiger partial charge is 0.459 e. The fraction of sp³-hybridized carbons (Fsp3) is 0.538. The Kier molecular flexibility index (Phi) is 3.73. The number of epoxide rings is 2. The Morgan fingerprint density at radius 3 is 2.74 bits per heavy atom. The molecule has 2 aliphatic rings. The minimum Gasteiger partial charge on any atom is -0.459 e. The number of esters is 2. The lowest BCUT2D eigenvalue weighted by Crippen LogP contribution is -2.28. The number of ether oxygens (including phenoxy) is 4. The molecule has 0 spiro atoms. The van der Waals surface area contributed by atoms with E-state index in [1.54, 1.807) is 6.92 Å². The van der Waals surface area contributed by atoms with E-state index in [0.717, 1.165) is 6.08 Å². The van der Waals surface area contributed by atoms with E-state index in [1.807, 2.05) is 0 Å². The van der Waals surface area contributed by atoms with Gasteiger partial charge in [-0.25, -0.2) is 9.59 Å². The molecule has 0 radical (unpaired) electrons. The molecule has 0 aromatic carbocycles. The van der Waals surface area contributed by atoms with Gasteiger partial charge in [0.2, 0.25) is 6.29 Å². The highest BCUT2D eigenvalue weighted by Gasteiger charge is 2.62. The highest BCUT2D eigenvalue weighted by atomic mass is 16.8. The van der Waals surface area contributed by atoms with Crippen molar-refractivity contribution in [1.82, 2.24) is 0 Å². The van der Waals surface area contributed by atoms with Gasteiger partial charge in [0.05, 0.1) is 12.7 Å². The van der Waals surface area contributed by atoms with Crippen LogP contribution in [-0.4, -0.2) is 43.1 Å². The van der Waals surface area contributed by atoms with Gasteiger partial charge < -0.3 is 18.9 Å². The molecule has 0 aromatic rings. The van der Waals surface area contributed by atoms with E-state index in [4.69, 9.17) is 18.9 Å². The van der Waals surface area contributed by atoms with Crippen LogP contribution in [0.3, 0.4) is 0 Å². The third-order valence-corrected chi connectivity index (χ3v) is 2.88. The highest BCUT2D eigenvalue weighted by molar-refractivity contribution is 5.87. The lowest BCUT2D eigenvalue weighted by Gasteiger charge is -2.11. The molecule has 2 heterocycles. The number of rotatable bonds is 7. The zero-order valence-corrected chi connectivity index (χ0v) is 10.7. The average Bonchev–Trinajstić information content (AvgIpc) is 3.27. The quantitative estimate of drug-likeness (QED) is 0.384. The van der Waals surface area contributed by atoms with Crippen LogP contribution in [0.5, 0.6) is 0 Å². The Morgan fingerprint density at radius 2 is 2.21 bits per heavy atom. The molecule has 0 bridgehead atoms. The lowest BCUT2D eigenvalue weighted by molar-refractivity contribution is -0.142. The summed E-state index contributed by atoms with van der Waals surface area (Å²) in [5.74, 6) is -1.07. The molecule has 0 aromatic heterocycles. The minimum atomic E-state index is -0.801. The second kappa shape index (κ2) is 5.14. The van der Waals surface area contributed by atoms with Crippen molar-refractivity contribution in [3.05, 3.63) is 24.8 Å². The standard InChI is InChI=1S/C13H16O6/c1-4-10(14)18-12-13(19-12,5-9-6-16-9)7-17-11(15)8(2)3/h4,9,12H,1-2,5-7H2,3H3. The van der Waals surface area contributed by atoms with Crippen LogP contribution < -0.4 is 0 Å². The number of carbonyl (C=O) groups is 2. The molecule has 2 fully saturated rings. The van der Waals surface area contributed by atoms with E-state index in [9.17, 15) is 9.59 Å². The summed E-state index contributed by atoms with van der Waals surface area (Å²) in [4.78, 5) is 22.5. The molecular formula is C13H16O6. The highest BCUT2D eigenvalue weighted by Crippen LogP contribution is 2.44. The molecule has 2 saturated heterocycles. The maximum Gasteiger partial charge on any atom is 0.333 e. The van der Waals surface area contributed by atoms with Gasteiger partial charge >= 0.3 is 11.9 Å². The van der Waals surface area contributed by atoms with Crippen LogP contribution in [0.2, 0.25) is 0 Å². The first kappa shape index (κ1) is 13.8. The second-order valence-electron chi connectivity index (χ2n) is 4.67. The van der Waals surface area contributed by atoms with Crippen molar-refractivity contribution in [1.29, 1.82) is 0 Å². The molecule has 6 heteroatoms. The Labute approximate surface area is 111 Å². The summed E-state index contributed by atoms with van der Waals surface area (Å²) in [7, 11) is 0. The summed E-state index contributed by atoms with van der Waals surface area (Å²) in [6.45, 7) is 9.01. The van der Waals surface area contributed by atoms with E-state index in [1.165, 1.54) is 0 Å². The molecule has 2 aliphatic heterocycles. The average molecular weight is 268 g/mol. The summed E-state index contributed by atoms with van der Waals surface area (Å²) in [5, 5.41) is 0. The third-order valence-electron chi connectivity index (χ3n) is 2.88. The van der Waals surface area contributed by atoms with Gasteiger partial charge in [0, 0.05) is 18.1 Å². The zero-order valence-electron chi connectivity index (χ0n) is 10.7. The van der Waals surface area contributed by atoms with Gasteiger partial charge in [0.15, 0.2) is 5.60 Å². The molecule has 0 N–H and O–H groups in total. The molecule has 3 unspecified atom stereocenters. The van der Waals surface area contributed by atoms with Crippen LogP contribution in [0.15, 0.2) is 24.8 Å². The summed E-state index contributed by atoms with van der Waals surface area (Å²) >= 11 is 0. The summed E-state index contributed by atoms with van der Waals surface area (Å²) < 4.78 is 20.6. The molecule has 3 atom stereocenters. The molecular weight excluding hydrogens is 252 g/mol. The van der Waals surface area contributed by atoms with E-state index >= 15 is 0 Å². The Bertz CT molecular complexity index is 425. The van der Waals surface area contributed by atoms with Gasteiger partial charge in [-0.1, -0.05) is 13.2 Å². The maximum absolute atomic E-state index is 11.4. The second-order valence-corrected chi connectivity index (χ2v) is 4.67. The summed E-state index contributed by atoms with van der Waals surface area (Å²) in [6.07, 6.45) is 0.919. The van der Waals surface area contributed by atoms with Gasteiger partial charge in [-0.05, 0) is 6.92 Å². The van der Waals surface area contributed by atoms with Crippen molar-refractivity contribution in [2.45, 2.75) is 31.3 Å². The van der Waals surface area contributed by atoms with Crippen LogP contribution in [0.4, 0.5) is 0 Å². The van der Waals surface area contributed by atoms with Gasteiger partial charge in [-0.2, -0.15) is 0 Å². The van der Waals surface area contributed by atoms with Crippen LogP contribution >= 0.6 is 0 Å². The normalized spacial score (nSPS) is 31.2. The predicted molar refractivity (Wildman–Crippen MR) is 64.0 cm³/mol. The SMILES string of the molecule is C=CC(=O)OC1OC1(COC(=O)C(=C)C)CC1CO1. The minimum absolute atomic E-state index is 0.00758. The Balaban J connectivity index is 1.89. The monoisotopic (exact) mass is 268 g/mol. The van der Waals surface area contributed by atoms with Crippen molar-refractivity contribution < 1.29 is 28.5 Å². The van der Waals surface area contributed by atoms with Crippen molar-refractivity contribution in [2.24, 2.45) is 0 Å². The van der Waals surface area contributed by atoms with Gasteiger partial charge in [0.25, 0.3) is 0 Å².